The molecule has 1 aromatic carbocycles. The van der Waals surface area contributed by atoms with Crippen molar-refractivity contribution >= 4 is 39.8 Å². The minimum Gasteiger partial charge on any atom is -0.496 e. The summed E-state index contributed by atoms with van der Waals surface area (Å²) in [6.07, 6.45) is 0.0555. The third-order valence-electron chi connectivity index (χ3n) is 3.02. The van der Waals surface area contributed by atoms with Crippen LogP contribution < -0.4 is 10.1 Å². The molecule has 0 aliphatic heterocycles. The Bertz CT molecular complexity index is 735. The van der Waals surface area contributed by atoms with Gasteiger partial charge in [-0.2, -0.15) is 0 Å². The Hall–Kier alpha value is -2.03. The summed E-state index contributed by atoms with van der Waals surface area (Å²) in [5.74, 6) is -0.107. The Labute approximate surface area is 147 Å². The molecule has 0 unspecified atom stereocenters. The van der Waals surface area contributed by atoms with Crippen LogP contribution in [-0.2, 0) is 16.1 Å². The highest BCUT2D eigenvalue weighted by atomic mass is 35.5. The first-order chi connectivity index (χ1) is 11.5. The molecule has 128 valence electrons. The molecule has 2 aromatic rings. The fourth-order valence-corrected chi connectivity index (χ4v) is 2.83. The maximum atomic E-state index is 12.3. The first-order valence-electron chi connectivity index (χ1n) is 7.01. The van der Waals surface area contributed by atoms with Gasteiger partial charge in [0.05, 0.1) is 12.7 Å². The van der Waals surface area contributed by atoms with Crippen molar-refractivity contribution in [1.82, 2.24) is 10.2 Å². The number of carbonyl (C=O) groups excluding carboxylic acids is 2. The van der Waals surface area contributed by atoms with Crippen LogP contribution in [-0.4, -0.2) is 36.1 Å². The van der Waals surface area contributed by atoms with Crippen molar-refractivity contribution in [1.29, 1.82) is 0 Å². The summed E-state index contributed by atoms with van der Waals surface area (Å²) >= 11 is 7.13. The van der Waals surface area contributed by atoms with Gasteiger partial charge in [0.15, 0.2) is 5.78 Å². The fraction of sp³-hybridized carbons (Fsp3) is 0.333. The summed E-state index contributed by atoms with van der Waals surface area (Å²) in [7, 11) is 3.02. The molecule has 0 spiro atoms. The zero-order valence-electron chi connectivity index (χ0n) is 13.2. The van der Waals surface area contributed by atoms with Gasteiger partial charge in [-0.1, -0.05) is 22.9 Å². The second-order valence-electron chi connectivity index (χ2n) is 4.75. The molecule has 0 fully saturated rings. The Kier molecular flexibility index (Phi) is 6.65. The van der Waals surface area contributed by atoms with Crippen molar-refractivity contribution in [3.63, 3.8) is 0 Å². The van der Waals surface area contributed by atoms with Gasteiger partial charge in [0, 0.05) is 25.0 Å². The van der Waals surface area contributed by atoms with Crippen molar-refractivity contribution < 1.29 is 19.1 Å². The maximum absolute atomic E-state index is 12.3. The third-order valence-corrected chi connectivity index (χ3v) is 4.07. The number of nitrogens with one attached hydrogen (secondary N) is 1. The number of hydrogen-bond donors (Lipinski definition) is 1. The number of halogens is 1. The molecular weight excluding hydrogens is 354 g/mol. The molecule has 1 N–H and O–H groups in total. The SMILES string of the molecule is COCc1nnc(NC(=O)CCC(=O)c2cc(Cl)ccc2OC)s1. The molecule has 1 heterocycles. The number of hydrogen-bond acceptors (Lipinski definition) is 7. The highest BCUT2D eigenvalue weighted by Gasteiger charge is 2.15. The molecule has 1 amide bonds. The van der Waals surface area contributed by atoms with E-state index in [4.69, 9.17) is 21.1 Å². The van der Waals surface area contributed by atoms with E-state index in [0.717, 1.165) is 0 Å². The van der Waals surface area contributed by atoms with Crippen LogP contribution in [0.2, 0.25) is 5.02 Å². The van der Waals surface area contributed by atoms with Crippen molar-refractivity contribution in [3.05, 3.63) is 33.8 Å². The summed E-state index contributed by atoms with van der Waals surface area (Å²) in [4.78, 5) is 24.2. The van der Waals surface area contributed by atoms with E-state index in [1.54, 1.807) is 19.2 Å². The Morgan fingerprint density at radius 2 is 2.04 bits per heavy atom. The molecule has 0 bridgehead atoms. The predicted octanol–water partition coefficient (Wildman–Crippen LogP) is 2.95. The number of Topliss-reactive ketones (excluding diaryl/α,β-unsaturated/α-hetero) is 1. The highest BCUT2D eigenvalue weighted by Crippen LogP contribution is 2.24. The molecule has 0 atom stereocenters. The van der Waals surface area contributed by atoms with E-state index < -0.39 is 0 Å². The number of carbonyl (C=O) groups is 2. The average molecular weight is 370 g/mol. The minimum atomic E-state index is -0.315. The number of benzene rings is 1. The lowest BCUT2D eigenvalue weighted by molar-refractivity contribution is -0.116. The van der Waals surface area contributed by atoms with E-state index in [1.807, 2.05) is 0 Å². The number of anilines is 1. The van der Waals surface area contributed by atoms with Gasteiger partial charge in [-0.05, 0) is 18.2 Å². The monoisotopic (exact) mass is 369 g/mol. The summed E-state index contributed by atoms with van der Waals surface area (Å²) < 4.78 is 10.1. The molecule has 0 saturated carbocycles. The lowest BCUT2D eigenvalue weighted by Gasteiger charge is -2.08. The smallest absolute Gasteiger partial charge is 0.226 e. The Morgan fingerprint density at radius 3 is 2.75 bits per heavy atom. The molecule has 0 aliphatic carbocycles. The van der Waals surface area contributed by atoms with E-state index in [-0.39, 0.29) is 24.5 Å². The van der Waals surface area contributed by atoms with Crippen LogP contribution in [0.4, 0.5) is 5.13 Å². The van der Waals surface area contributed by atoms with Crippen LogP contribution in [0.3, 0.4) is 0 Å². The van der Waals surface area contributed by atoms with Gasteiger partial charge in [0.1, 0.15) is 17.4 Å². The standard InChI is InChI=1S/C15H16ClN3O4S/c1-22-8-14-18-19-15(24-14)17-13(21)6-4-11(20)10-7-9(16)3-5-12(10)23-2/h3,5,7H,4,6,8H2,1-2H3,(H,17,19,21). The van der Waals surface area contributed by atoms with Gasteiger partial charge >= 0.3 is 0 Å². The zero-order valence-corrected chi connectivity index (χ0v) is 14.7. The van der Waals surface area contributed by atoms with E-state index in [2.05, 4.69) is 15.5 Å². The largest absolute Gasteiger partial charge is 0.496 e. The number of ketones is 1. The fourth-order valence-electron chi connectivity index (χ4n) is 1.93. The van der Waals surface area contributed by atoms with E-state index >= 15 is 0 Å². The molecule has 24 heavy (non-hydrogen) atoms. The van der Waals surface area contributed by atoms with Crippen molar-refractivity contribution in [2.45, 2.75) is 19.4 Å². The topological polar surface area (TPSA) is 90.4 Å². The van der Waals surface area contributed by atoms with Gasteiger partial charge < -0.3 is 14.8 Å². The van der Waals surface area contributed by atoms with Crippen molar-refractivity contribution in [2.24, 2.45) is 0 Å². The number of amides is 1. The summed E-state index contributed by atoms with van der Waals surface area (Å²) in [6.45, 7) is 0.334. The molecular formula is C15H16ClN3O4S. The van der Waals surface area contributed by atoms with Gasteiger partial charge in [-0.25, -0.2) is 0 Å². The summed E-state index contributed by atoms with van der Waals surface area (Å²) in [5, 5.41) is 11.8. The van der Waals surface area contributed by atoms with E-state index in [0.29, 0.717) is 33.1 Å². The highest BCUT2D eigenvalue weighted by molar-refractivity contribution is 7.15. The third kappa shape index (κ3) is 4.98. The number of ether oxygens (including phenoxy) is 2. The van der Waals surface area contributed by atoms with Gasteiger partial charge in [0.2, 0.25) is 11.0 Å². The van der Waals surface area contributed by atoms with Crippen LogP contribution in [0, 0.1) is 0 Å². The maximum Gasteiger partial charge on any atom is 0.226 e. The first kappa shape index (κ1) is 18.3. The van der Waals surface area contributed by atoms with Crippen LogP contribution in [0.25, 0.3) is 0 Å². The Morgan fingerprint density at radius 1 is 1.25 bits per heavy atom. The second-order valence-corrected chi connectivity index (χ2v) is 6.25. The van der Waals surface area contributed by atoms with Crippen LogP contribution >= 0.6 is 22.9 Å². The first-order valence-corrected chi connectivity index (χ1v) is 8.21. The van der Waals surface area contributed by atoms with Crippen LogP contribution in [0.5, 0.6) is 5.75 Å². The number of methoxy groups -OCH3 is 2. The minimum absolute atomic E-state index is 0.0215. The lowest BCUT2D eigenvalue weighted by atomic mass is 10.1. The van der Waals surface area contributed by atoms with Crippen LogP contribution in [0.1, 0.15) is 28.2 Å². The molecule has 0 saturated heterocycles. The molecule has 0 aliphatic rings. The molecule has 9 heteroatoms. The van der Waals surface area contributed by atoms with Crippen molar-refractivity contribution in [3.8, 4) is 5.75 Å². The zero-order chi connectivity index (χ0) is 17.5. The average Bonchev–Trinajstić information content (AvgIpc) is 3.00. The van der Waals surface area contributed by atoms with Crippen LogP contribution in [0.15, 0.2) is 18.2 Å². The summed E-state index contributed by atoms with van der Waals surface area (Å²) in [6, 6.07) is 4.79. The molecule has 0 radical (unpaired) electrons. The molecule has 2 rings (SSSR count). The van der Waals surface area contributed by atoms with Gasteiger partial charge in [0.25, 0.3) is 0 Å². The Balaban J connectivity index is 1.91. The lowest BCUT2D eigenvalue weighted by Crippen LogP contribution is -2.13. The predicted molar refractivity (Wildman–Crippen MR) is 90.8 cm³/mol. The van der Waals surface area contributed by atoms with E-state index in [1.165, 1.54) is 24.5 Å². The summed E-state index contributed by atoms with van der Waals surface area (Å²) in [5.41, 5.74) is 0.357. The molecule has 7 nitrogen and oxygen atoms in total. The van der Waals surface area contributed by atoms with Gasteiger partial charge in [-0.3, -0.25) is 9.59 Å². The second kappa shape index (κ2) is 8.72. The number of nitrogens with zero attached hydrogens (tertiary/aromatic N) is 2. The molecule has 1 aromatic heterocycles. The van der Waals surface area contributed by atoms with Gasteiger partial charge in [-0.15, -0.1) is 10.2 Å². The van der Waals surface area contributed by atoms with E-state index in [9.17, 15) is 9.59 Å². The number of rotatable bonds is 8. The normalized spacial score (nSPS) is 10.5. The quantitative estimate of drug-likeness (QED) is 0.719. The number of aromatic nitrogens is 2. The van der Waals surface area contributed by atoms with Crippen molar-refractivity contribution in [2.75, 3.05) is 19.5 Å².